The molecule has 106 valence electrons. The van der Waals surface area contributed by atoms with Crippen LogP contribution in [0.3, 0.4) is 0 Å². The first-order valence-corrected chi connectivity index (χ1v) is 7.63. The Bertz CT molecular complexity index is 333. The van der Waals surface area contributed by atoms with Crippen molar-refractivity contribution in [1.82, 2.24) is 15.2 Å². The third kappa shape index (κ3) is 5.70. The Kier molecular flexibility index (Phi) is 6.31. The molecular weight excluding hydrogens is 234 g/mol. The van der Waals surface area contributed by atoms with Crippen LogP contribution in [-0.2, 0) is 6.54 Å². The maximum absolute atomic E-state index is 4.13. The molecule has 3 heteroatoms. The average Bonchev–Trinajstić information content (AvgIpc) is 2.46. The summed E-state index contributed by atoms with van der Waals surface area (Å²) in [6, 6.07) is 4.11. The monoisotopic (exact) mass is 261 g/mol. The van der Waals surface area contributed by atoms with Crippen LogP contribution in [0.15, 0.2) is 24.5 Å². The Hall–Kier alpha value is -0.930. The van der Waals surface area contributed by atoms with Crippen LogP contribution in [0, 0.1) is 5.92 Å². The molecule has 1 saturated carbocycles. The van der Waals surface area contributed by atoms with Crippen molar-refractivity contribution in [3.63, 3.8) is 0 Å². The number of nitrogens with one attached hydrogen (secondary N) is 1. The zero-order valence-corrected chi connectivity index (χ0v) is 12.1. The fourth-order valence-electron chi connectivity index (χ4n) is 2.91. The molecule has 3 nitrogen and oxygen atoms in total. The van der Waals surface area contributed by atoms with E-state index in [1.54, 1.807) is 0 Å². The molecule has 1 fully saturated rings. The molecule has 0 saturated heterocycles. The van der Waals surface area contributed by atoms with E-state index in [4.69, 9.17) is 0 Å². The summed E-state index contributed by atoms with van der Waals surface area (Å²) >= 11 is 0. The molecule has 0 atom stereocenters. The lowest BCUT2D eigenvalue weighted by molar-refractivity contribution is 0.233. The van der Waals surface area contributed by atoms with Crippen molar-refractivity contribution in [2.24, 2.45) is 5.92 Å². The summed E-state index contributed by atoms with van der Waals surface area (Å²) in [5.74, 6) is 0.942. The highest BCUT2D eigenvalue weighted by atomic mass is 15.1. The normalized spacial score (nSPS) is 16.9. The van der Waals surface area contributed by atoms with Gasteiger partial charge in [0, 0.05) is 38.6 Å². The number of pyridine rings is 1. The average molecular weight is 261 g/mol. The Morgan fingerprint density at radius 2 is 2.16 bits per heavy atom. The maximum atomic E-state index is 4.13. The molecule has 1 N–H and O–H groups in total. The molecule has 0 spiro atoms. The van der Waals surface area contributed by atoms with Gasteiger partial charge in [-0.05, 0) is 37.4 Å². The Labute approximate surface area is 117 Å². The van der Waals surface area contributed by atoms with Crippen molar-refractivity contribution in [3.8, 4) is 0 Å². The molecule has 1 aromatic heterocycles. The summed E-state index contributed by atoms with van der Waals surface area (Å²) in [7, 11) is 2.25. The highest BCUT2D eigenvalue weighted by Crippen LogP contribution is 2.23. The van der Waals surface area contributed by atoms with Gasteiger partial charge in [-0.25, -0.2) is 0 Å². The lowest BCUT2D eigenvalue weighted by Gasteiger charge is -2.27. The minimum absolute atomic E-state index is 0.922. The fraction of sp³-hybridized carbons (Fsp3) is 0.688. The number of nitrogens with zero attached hydrogens (tertiary/aromatic N) is 2. The number of rotatable bonds is 7. The van der Waals surface area contributed by atoms with Crippen LogP contribution >= 0.6 is 0 Å². The van der Waals surface area contributed by atoms with Crippen molar-refractivity contribution >= 4 is 0 Å². The second-order valence-electron chi connectivity index (χ2n) is 5.80. The molecule has 0 radical (unpaired) electrons. The number of hydrogen-bond acceptors (Lipinski definition) is 3. The molecule has 0 bridgehead atoms. The highest BCUT2D eigenvalue weighted by Gasteiger charge is 2.14. The van der Waals surface area contributed by atoms with Crippen molar-refractivity contribution < 1.29 is 0 Å². The summed E-state index contributed by atoms with van der Waals surface area (Å²) in [5, 5.41) is 3.49. The first-order valence-electron chi connectivity index (χ1n) is 7.63. The van der Waals surface area contributed by atoms with E-state index in [2.05, 4.69) is 28.3 Å². The predicted octanol–water partition coefficient (Wildman–Crippen LogP) is 2.68. The molecule has 0 aromatic carbocycles. The first kappa shape index (κ1) is 14.5. The van der Waals surface area contributed by atoms with Gasteiger partial charge in [0.05, 0.1) is 0 Å². The zero-order chi connectivity index (χ0) is 13.3. The fourth-order valence-corrected chi connectivity index (χ4v) is 2.91. The summed E-state index contributed by atoms with van der Waals surface area (Å²) < 4.78 is 0. The smallest absolute Gasteiger partial charge is 0.0312 e. The standard InChI is InChI=1S/C16H27N3/c1-19(14-15-6-3-2-4-7-15)11-10-18-13-16-8-5-9-17-12-16/h5,8-9,12,15,18H,2-4,6-7,10-11,13-14H2,1H3. The molecule has 0 amide bonds. The Morgan fingerprint density at radius 3 is 2.89 bits per heavy atom. The molecule has 1 aliphatic rings. The number of hydrogen-bond donors (Lipinski definition) is 1. The van der Waals surface area contributed by atoms with Gasteiger partial charge in [-0.3, -0.25) is 4.98 Å². The van der Waals surface area contributed by atoms with Crippen LogP contribution < -0.4 is 5.32 Å². The molecule has 0 aliphatic heterocycles. The van der Waals surface area contributed by atoms with Crippen molar-refractivity contribution in [2.45, 2.75) is 38.6 Å². The van der Waals surface area contributed by atoms with Gasteiger partial charge in [0.15, 0.2) is 0 Å². The van der Waals surface area contributed by atoms with Gasteiger partial charge in [-0.1, -0.05) is 25.3 Å². The quantitative estimate of drug-likeness (QED) is 0.765. The lowest BCUT2D eigenvalue weighted by Crippen LogP contribution is -2.33. The van der Waals surface area contributed by atoms with E-state index < -0.39 is 0 Å². The van der Waals surface area contributed by atoms with Gasteiger partial charge >= 0.3 is 0 Å². The Balaban J connectivity index is 1.55. The SMILES string of the molecule is CN(CCNCc1cccnc1)CC1CCCCC1. The third-order valence-electron chi connectivity index (χ3n) is 4.02. The molecule has 1 aromatic rings. The molecule has 1 heterocycles. The van der Waals surface area contributed by atoms with Gasteiger partial charge in [-0.2, -0.15) is 0 Å². The van der Waals surface area contributed by atoms with Gasteiger partial charge < -0.3 is 10.2 Å². The second-order valence-corrected chi connectivity index (χ2v) is 5.80. The topological polar surface area (TPSA) is 28.2 Å². The number of likely N-dealkylation sites (N-methyl/N-ethyl adjacent to an activating group) is 1. The van der Waals surface area contributed by atoms with Crippen LogP contribution in [0.5, 0.6) is 0 Å². The van der Waals surface area contributed by atoms with Crippen molar-refractivity contribution in [1.29, 1.82) is 0 Å². The van der Waals surface area contributed by atoms with E-state index in [0.29, 0.717) is 0 Å². The van der Waals surface area contributed by atoms with Crippen LogP contribution in [-0.4, -0.2) is 36.6 Å². The highest BCUT2D eigenvalue weighted by molar-refractivity contribution is 5.07. The minimum Gasteiger partial charge on any atom is -0.311 e. The Morgan fingerprint density at radius 1 is 1.32 bits per heavy atom. The van der Waals surface area contributed by atoms with E-state index in [1.165, 1.54) is 44.2 Å². The van der Waals surface area contributed by atoms with Gasteiger partial charge in [-0.15, -0.1) is 0 Å². The van der Waals surface area contributed by atoms with Crippen molar-refractivity contribution in [3.05, 3.63) is 30.1 Å². The second kappa shape index (κ2) is 8.28. The molecule has 0 unspecified atom stereocenters. The molecule has 19 heavy (non-hydrogen) atoms. The third-order valence-corrected chi connectivity index (χ3v) is 4.02. The predicted molar refractivity (Wildman–Crippen MR) is 80.0 cm³/mol. The summed E-state index contributed by atoms with van der Waals surface area (Å²) in [4.78, 5) is 6.60. The minimum atomic E-state index is 0.922. The molecule has 1 aliphatic carbocycles. The summed E-state index contributed by atoms with van der Waals surface area (Å²) in [6.45, 7) is 4.38. The van der Waals surface area contributed by atoms with E-state index in [0.717, 1.165) is 25.6 Å². The van der Waals surface area contributed by atoms with E-state index in [-0.39, 0.29) is 0 Å². The lowest BCUT2D eigenvalue weighted by atomic mass is 9.89. The van der Waals surface area contributed by atoms with Crippen LogP contribution in [0.1, 0.15) is 37.7 Å². The van der Waals surface area contributed by atoms with Crippen LogP contribution in [0.2, 0.25) is 0 Å². The van der Waals surface area contributed by atoms with Crippen LogP contribution in [0.25, 0.3) is 0 Å². The van der Waals surface area contributed by atoms with Gasteiger partial charge in [0.25, 0.3) is 0 Å². The van der Waals surface area contributed by atoms with Crippen LogP contribution in [0.4, 0.5) is 0 Å². The number of aromatic nitrogens is 1. The molecular formula is C16H27N3. The summed E-state index contributed by atoms with van der Waals surface area (Å²) in [5.41, 5.74) is 1.26. The zero-order valence-electron chi connectivity index (χ0n) is 12.1. The van der Waals surface area contributed by atoms with Gasteiger partial charge in [0.2, 0.25) is 0 Å². The van der Waals surface area contributed by atoms with Gasteiger partial charge in [0.1, 0.15) is 0 Å². The maximum Gasteiger partial charge on any atom is 0.0312 e. The first-order chi connectivity index (χ1) is 9.34. The van der Waals surface area contributed by atoms with Crippen molar-refractivity contribution in [2.75, 3.05) is 26.7 Å². The molecule has 2 rings (SSSR count). The largest absolute Gasteiger partial charge is 0.311 e. The summed E-state index contributed by atoms with van der Waals surface area (Å²) in [6.07, 6.45) is 11.0. The van der Waals surface area contributed by atoms with E-state index in [9.17, 15) is 0 Å². The van der Waals surface area contributed by atoms with E-state index in [1.807, 2.05) is 18.5 Å². The van der Waals surface area contributed by atoms with E-state index >= 15 is 0 Å².